The summed E-state index contributed by atoms with van der Waals surface area (Å²) in [4.78, 5) is 71.5. The number of hydrogen-bond acceptors (Lipinski definition) is 11. The largest absolute Gasteiger partial charge is 0.457 e. The molecule has 0 saturated heterocycles. The number of rotatable bonds is 6. The summed E-state index contributed by atoms with van der Waals surface area (Å²) in [5.74, 6) is -3.35. The zero-order valence-corrected chi connectivity index (χ0v) is 20.6. The Morgan fingerprint density at radius 2 is 0.780 bits per heavy atom. The van der Waals surface area contributed by atoms with Crippen LogP contribution >= 0.6 is 0 Å². The normalized spacial score (nSPS) is 13.2. The molecule has 0 bridgehead atoms. The number of ether oxygens (including phenoxy) is 5. The summed E-state index contributed by atoms with van der Waals surface area (Å²) < 4.78 is 25.5. The molecule has 0 atom stereocenters. The van der Waals surface area contributed by atoms with Crippen LogP contribution in [0.1, 0.15) is 62.1 Å². The Morgan fingerprint density at radius 3 is 1.17 bits per heavy atom. The van der Waals surface area contributed by atoms with Gasteiger partial charge in [0.1, 0.15) is 23.0 Å². The van der Waals surface area contributed by atoms with Crippen LogP contribution < -0.4 is 14.2 Å². The molecule has 0 radical (unpaired) electrons. The summed E-state index contributed by atoms with van der Waals surface area (Å²) in [6.07, 6.45) is 0. The maximum atomic E-state index is 12.5. The Balaban J connectivity index is 1.06. The van der Waals surface area contributed by atoms with Gasteiger partial charge in [-0.25, -0.2) is 28.8 Å². The zero-order valence-electron chi connectivity index (χ0n) is 20.6. The van der Waals surface area contributed by atoms with Gasteiger partial charge in [0, 0.05) is 0 Å². The monoisotopic (exact) mass is 550 g/mol. The molecule has 0 saturated carbocycles. The molecule has 6 rings (SSSR count). The molecule has 2 heterocycles. The van der Waals surface area contributed by atoms with Crippen LogP contribution in [0, 0.1) is 0 Å². The zero-order chi connectivity index (χ0) is 28.7. The van der Waals surface area contributed by atoms with E-state index in [9.17, 15) is 28.8 Å². The van der Waals surface area contributed by atoms with Crippen LogP contribution in [0.4, 0.5) is 0 Å². The van der Waals surface area contributed by atoms with Crippen molar-refractivity contribution in [1.82, 2.24) is 0 Å². The third-order valence-electron chi connectivity index (χ3n) is 6.07. The molecule has 0 aromatic heterocycles. The second-order valence-corrected chi connectivity index (χ2v) is 8.70. The smallest absolute Gasteiger partial charge is 0.346 e. The minimum Gasteiger partial charge on any atom is -0.457 e. The number of carbonyl (C=O) groups is 6. The van der Waals surface area contributed by atoms with Crippen molar-refractivity contribution in [3.8, 4) is 23.0 Å². The van der Waals surface area contributed by atoms with Crippen LogP contribution in [0.3, 0.4) is 0 Å². The molecule has 0 aliphatic carbocycles. The first kappa shape index (κ1) is 25.2. The molecule has 4 aromatic carbocycles. The van der Waals surface area contributed by atoms with Crippen LogP contribution in [0.25, 0.3) is 0 Å². The third kappa shape index (κ3) is 4.90. The summed E-state index contributed by atoms with van der Waals surface area (Å²) in [5, 5.41) is 0. The van der Waals surface area contributed by atoms with E-state index in [-0.39, 0.29) is 44.9 Å². The Hall–Kier alpha value is -6.10. The fourth-order valence-electron chi connectivity index (χ4n) is 4.04. The van der Waals surface area contributed by atoms with E-state index in [4.69, 9.17) is 14.2 Å². The molecule has 0 amide bonds. The van der Waals surface area contributed by atoms with E-state index in [0.29, 0.717) is 11.5 Å². The Labute approximate surface area is 229 Å². The lowest BCUT2D eigenvalue weighted by Crippen LogP contribution is -2.09. The second-order valence-electron chi connectivity index (χ2n) is 8.70. The predicted octanol–water partition coefficient (Wildman–Crippen LogP) is 4.54. The van der Waals surface area contributed by atoms with Gasteiger partial charge in [0.15, 0.2) is 0 Å². The van der Waals surface area contributed by atoms with Gasteiger partial charge in [-0.1, -0.05) is 0 Å². The van der Waals surface area contributed by atoms with Gasteiger partial charge in [0.05, 0.1) is 33.4 Å². The first-order valence-corrected chi connectivity index (χ1v) is 11.9. The van der Waals surface area contributed by atoms with Crippen molar-refractivity contribution < 1.29 is 52.5 Å². The highest BCUT2D eigenvalue weighted by Gasteiger charge is 2.31. The van der Waals surface area contributed by atoms with Crippen LogP contribution in [0.15, 0.2) is 84.9 Å². The second kappa shape index (κ2) is 9.89. The maximum Gasteiger partial charge on any atom is 0.346 e. The lowest BCUT2D eigenvalue weighted by atomic mass is 10.1. The highest BCUT2D eigenvalue weighted by Crippen LogP contribution is 2.28. The molecular weight excluding hydrogens is 536 g/mol. The molecule has 0 N–H and O–H groups in total. The van der Waals surface area contributed by atoms with E-state index in [2.05, 4.69) is 9.47 Å². The van der Waals surface area contributed by atoms with Gasteiger partial charge >= 0.3 is 35.8 Å². The highest BCUT2D eigenvalue weighted by molar-refractivity contribution is 6.16. The average Bonchev–Trinajstić information content (AvgIpc) is 3.43. The van der Waals surface area contributed by atoms with Gasteiger partial charge in [0.2, 0.25) is 0 Å². The Morgan fingerprint density at radius 1 is 0.439 bits per heavy atom. The Bertz CT molecular complexity index is 1670. The number of cyclic esters (lactones) is 4. The molecule has 200 valence electrons. The van der Waals surface area contributed by atoms with Crippen molar-refractivity contribution in [1.29, 1.82) is 0 Å². The predicted molar refractivity (Wildman–Crippen MR) is 135 cm³/mol. The molecule has 2 aliphatic heterocycles. The summed E-state index contributed by atoms with van der Waals surface area (Å²) >= 11 is 0. The molecule has 0 fully saturated rings. The van der Waals surface area contributed by atoms with E-state index in [1.54, 1.807) is 24.3 Å². The van der Waals surface area contributed by atoms with E-state index in [1.165, 1.54) is 60.7 Å². The molecule has 11 nitrogen and oxygen atoms in total. The van der Waals surface area contributed by atoms with Crippen molar-refractivity contribution in [2.45, 2.75) is 0 Å². The quantitative estimate of drug-likeness (QED) is 0.189. The molecule has 0 unspecified atom stereocenters. The van der Waals surface area contributed by atoms with Crippen molar-refractivity contribution >= 4 is 35.8 Å². The minimum absolute atomic E-state index is 0.00138. The van der Waals surface area contributed by atoms with Crippen LogP contribution in [-0.2, 0) is 9.47 Å². The molecule has 2 aliphatic rings. The lowest BCUT2D eigenvalue weighted by molar-refractivity contribution is 0.0425. The molecule has 4 aromatic rings. The SMILES string of the molecule is O=C(Oc1ccc(Oc2ccc(OC(=O)c3ccc4c(c3)C(=O)OC4=O)cc2)cc1)c1ccc2c(c1)C(=O)OC2=O. The van der Waals surface area contributed by atoms with Gasteiger partial charge < -0.3 is 23.7 Å². The van der Waals surface area contributed by atoms with Gasteiger partial charge in [-0.2, -0.15) is 0 Å². The molecular formula is C30H14O11. The average molecular weight is 550 g/mol. The van der Waals surface area contributed by atoms with Crippen LogP contribution in [0.5, 0.6) is 23.0 Å². The van der Waals surface area contributed by atoms with E-state index < -0.39 is 35.8 Å². The first-order chi connectivity index (χ1) is 19.7. The molecule has 41 heavy (non-hydrogen) atoms. The minimum atomic E-state index is -0.821. The van der Waals surface area contributed by atoms with Crippen molar-refractivity contribution in [3.63, 3.8) is 0 Å². The van der Waals surface area contributed by atoms with E-state index in [1.807, 2.05) is 0 Å². The van der Waals surface area contributed by atoms with Gasteiger partial charge in [-0.3, -0.25) is 0 Å². The summed E-state index contributed by atoms with van der Waals surface area (Å²) in [7, 11) is 0. The standard InChI is InChI=1S/C30H14O11/c31-25(15-1-11-21-23(13-15)29(35)40-27(21)33)38-19-7-3-17(4-8-19)37-18-5-9-20(10-6-18)39-26(32)16-2-12-22-24(14-16)30(36)41-28(22)34/h1-14H. The van der Waals surface area contributed by atoms with Crippen molar-refractivity contribution in [2.24, 2.45) is 0 Å². The van der Waals surface area contributed by atoms with E-state index >= 15 is 0 Å². The summed E-state index contributed by atoms with van der Waals surface area (Å²) in [6.45, 7) is 0. The van der Waals surface area contributed by atoms with Crippen LogP contribution in [0.2, 0.25) is 0 Å². The summed E-state index contributed by atoms with van der Waals surface area (Å²) in [5.41, 5.74) is 0.328. The topological polar surface area (TPSA) is 149 Å². The van der Waals surface area contributed by atoms with Gasteiger partial charge in [0.25, 0.3) is 0 Å². The lowest BCUT2D eigenvalue weighted by Gasteiger charge is -2.09. The highest BCUT2D eigenvalue weighted by atomic mass is 16.6. The summed E-state index contributed by atoms with van der Waals surface area (Å²) in [6, 6.07) is 20.2. The number of fused-ring (bicyclic) bond motifs is 2. The van der Waals surface area contributed by atoms with Gasteiger partial charge in [-0.15, -0.1) is 0 Å². The van der Waals surface area contributed by atoms with Crippen LogP contribution in [-0.4, -0.2) is 35.8 Å². The molecule has 0 spiro atoms. The third-order valence-corrected chi connectivity index (χ3v) is 6.07. The number of esters is 6. The number of benzene rings is 4. The number of hydrogen-bond donors (Lipinski definition) is 0. The number of carbonyl (C=O) groups excluding carboxylic acids is 6. The first-order valence-electron chi connectivity index (χ1n) is 11.9. The molecule has 11 heteroatoms. The fourth-order valence-corrected chi connectivity index (χ4v) is 4.04. The fraction of sp³-hybridized carbons (Fsp3) is 0. The maximum absolute atomic E-state index is 12.5. The van der Waals surface area contributed by atoms with Crippen molar-refractivity contribution in [2.75, 3.05) is 0 Å². The van der Waals surface area contributed by atoms with Crippen molar-refractivity contribution in [3.05, 3.63) is 118 Å². The Kier molecular flexibility index (Phi) is 6.08. The van der Waals surface area contributed by atoms with E-state index in [0.717, 1.165) is 0 Å². The van der Waals surface area contributed by atoms with Gasteiger partial charge in [-0.05, 0) is 84.9 Å².